The van der Waals surface area contributed by atoms with Crippen LogP contribution in [-0.2, 0) is 14.1 Å². The van der Waals surface area contributed by atoms with E-state index in [0.29, 0.717) is 16.3 Å². The molecule has 8 nitrogen and oxygen atoms in total. The molecular weight excluding hydrogens is 432 g/mol. The number of aromatic nitrogens is 4. The molecule has 0 aliphatic rings. The van der Waals surface area contributed by atoms with Crippen LogP contribution in [-0.4, -0.2) is 44.0 Å². The number of nitrogens with zero attached hydrogens (tertiary/aromatic N) is 4. The molecule has 0 aromatic carbocycles. The molecule has 31 heavy (non-hydrogen) atoms. The van der Waals surface area contributed by atoms with Gasteiger partial charge in [-0.05, 0) is 32.4 Å². The molecule has 164 valence electrons. The van der Waals surface area contributed by atoms with Crippen molar-refractivity contribution in [1.29, 1.82) is 0 Å². The predicted octanol–water partition coefficient (Wildman–Crippen LogP) is 3.53. The Labute approximate surface area is 188 Å². The second-order valence-electron chi connectivity index (χ2n) is 7.75. The summed E-state index contributed by atoms with van der Waals surface area (Å²) in [5.41, 5.74) is 1.83. The lowest BCUT2D eigenvalue weighted by Gasteiger charge is -2.18. The average molecular weight is 459 g/mol. The molecule has 1 atom stereocenters. The van der Waals surface area contributed by atoms with Crippen molar-refractivity contribution in [1.82, 2.24) is 30.2 Å². The van der Waals surface area contributed by atoms with Gasteiger partial charge < -0.3 is 10.6 Å². The number of carbonyl (C=O) groups excluding carboxylic acids is 2. The lowest BCUT2D eigenvalue weighted by atomic mass is 10.1. The van der Waals surface area contributed by atoms with Gasteiger partial charge >= 0.3 is 0 Å². The molecule has 4 rings (SSSR count). The van der Waals surface area contributed by atoms with E-state index in [1.165, 1.54) is 22.7 Å². The summed E-state index contributed by atoms with van der Waals surface area (Å²) in [7, 11) is 3.76. The second kappa shape index (κ2) is 8.43. The summed E-state index contributed by atoms with van der Waals surface area (Å²) in [6.07, 6.45) is 1.69. The highest BCUT2D eigenvalue weighted by Gasteiger charge is 2.20. The van der Waals surface area contributed by atoms with Crippen LogP contribution < -0.4 is 10.6 Å². The molecule has 0 saturated heterocycles. The van der Waals surface area contributed by atoms with Crippen LogP contribution in [0, 0.1) is 13.8 Å². The first-order valence-electron chi connectivity index (χ1n) is 10.2. The Morgan fingerprint density at radius 2 is 1.48 bits per heavy atom. The van der Waals surface area contributed by atoms with Gasteiger partial charge in [-0.15, -0.1) is 22.7 Å². The summed E-state index contributed by atoms with van der Waals surface area (Å²) >= 11 is 2.86. The molecule has 0 fully saturated rings. The van der Waals surface area contributed by atoms with E-state index in [2.05, 4.69) is 27.8 Å². The monoisotopic (exact) mass is 458 g/mol. The molecule has 0 aliphatic heterocycles. The molecule has 1 unspecified atom stereocenters. The number of amides is 2. The number of nitrogens with one attached hydrogen (secondary N) is 2. The van der Waals surface area contributed by atoms with Crippen molar-refractivity contribution in [3.8, 4) is 0 Å². The van der Waals surface area contributed by atoms with Crippen molar-refractivity contribution < 1.29 is 9.59 Å². The Morgan fingerprint density at radius 1 is 0.968 bits per heavy atom. The number of carbonyl (C=O) groups is 2. The van der Waals surface area contributed by atoms with Gasteiger partial charge in [-0.2, -0.15) is 10.2 Å². The first kappa shape index (κ1) is 21.5. The third kappa shape index (κ3) is 4.09. The maximum Gasteiger partial charge on any atom is 0.261 e. The number of thiophene rings is 2. The fourth-order valence-corrected chi connectivity index (χ4v) is 5.83. The second-order valence-corrected chi connectivity index (χ2v) is 9.81. The predicted molar refractivity (Wildman–Crippen MR) is 125 cm³/mol. The summed E-state index contributed by atoms with van der Waals surface area (Å²) in [5.74, 6) is -0.239. The summed E-state index contributed by atoms with van der Waals surface area (Å²) in [6.45, 7) is 6.33. The van der Waals surface area contributed by atoms with Gasteiger partial charge in [-0.3, -0.25) is 19.0 Å². The van der Waals surface area contributed by atoms with Gasteiger partial charge in [0.25, 0.3) is 11.8 Å². The summed E-state index contributed by atoms with van der Waals surface area (Å²) < 4.78 is 3.60. The van der Waals surface area contributed by atoms with Gasteiger partial charge in [0.05, 0.1) is 21.1 Å². The maximum absolute atomic E-state index is 12.8. The molecule has 0 radical (unpaired) electrons. The zero-order chi connectivity index (χ0) is 22.3. The third-order valence-electron chi connectivity index (χ3n) is 5.32. The number of aryl methyl sites for hydroxylation is 4. The van der Waals surface area contributed by atoms with Crippen molar-refractivity contribution in [3.05, 3.63) is 33.3 Å². The molecule has 0 saturated carbocycles. The van der Waals surface area contributed by atoms with Crippen molar-refractivity contribution in [2.75, 3.05) is 6.54 Å². The molecule has 0 bridgehead atoms. The molecule has 4 aromatic rings. The fraction of sp³-hybridized carbons (Fsp3) is 0.429. The Balaban J connectivity index is 1.42. The van der Waals surface area contributed by atoms with Crippen LogP contribution in [0.25, 0.3) is 20.4 Å². The highest BCUT2D eigenvalue weighted by Crippen LogP contribution is 2.28. The smallest absolute Gasteiger partial charge is 0.261 e. The standard InChI is InChI=1S/C21H26N6O2S2/c1-6-7-13(23-19(29)17-9-15-12(3)25-27(5)21(15)31-17)10-22-18(28)16-8-14-11(2)24-26(4)20(14)30-16/h8-9,13H,6-7,10H2,1-5H3,(H,22,28)(H,23,29). The first-order chi connectivity index (χ1) is 14.8. The minimum Gasteiger partial charge on any atom is -0.349 e. The number of rotatable bonds is 7. The van der Waals surface area contributed by atoms with Crippen LogP contribution in [0.1, 0.15) is 50.5 Å². The lowest BCUT2D eigenvalue weighted by molar-refractivity contribution is 0.0910. The Kier molecular flexibility index (Phi) is 5.85. The maximum atomic E-state index is 12.8. The number of fused-ring (bicyclic) bond motifs is 2. The zero-order valence-electron chi connectivity index (χ0n) is 18.3. The van der Waals surface area contributed by atoms with E-state index in [1.807, 2.05) is 40.1 Å². The number of hydrogen-bond donors (Lipinski definition) is 2. The van der Waals surface area contributed by atoms with Crippen molar-refractivity contribution in [2.24, 2.45) is 14.1 Å². The summed E-state index contributed by atoms with van der Waals surface area (Å²) in [4.78, 5) is 28.8. The van der Waals surface area contributed by atoms with E-state index >= 15 is 0 Å². The van der Waals surface area contributed by atoms with Crippen LogP contribution in [0.4, 0.5) is 0 Å². The van der Waals surface area contributed by atoms with Gasteiger partial charge in [0.15, 0.2) is 0 Å². The molecule has 0 spiro atoms. The molecule has 0 aliphatic carbocycles. The zero-order valence-corrected chi connectivity index (χ0v) is 19.9. The highest BCUT2D eigenvalue weighted by atomic mass is 32.1. The van der Waals surface area contributed by atoms with Crippen molar-refractivity contribution >= 4 is 54.9 Å². The van der Waals surface area contributed by atoms with Crippen LogP contribution in [0.3, 0.4) is 0 Å². The minimum absolute atomic E-state index is 0.114. The Hall–Kier alpha value is -2.72. The van der Waals surface area contributed by atoms with E-state index in [1.54, 1.807) is 9.36 Å². The first-order valence-corrected chi connectivity index (χ1v) is 11.9. The van der Waals surface area contributed by atoms with Crippen LogP contribution in [0.2, 0.25) is 0 Å². The Morgan fingerprint density at radius 3 is 1.97 bits per heavy atom. The molecule has 2 N–H and O–H groups in total. The van der Waals surface area contributed by atoms with Crippen LogP contribution >= 0.6 is 22.7 Å². The fourth-order valence-electron chi connectivity index (χ4n) is 3.77. The third-order valence-corrected chi connectivity index (χ3v) is 7.72. The number of hydrogen-bond acceptors (Lipinski definition) is 6. The highest BCUT2D eigenvalue weighted by molar-refractivity contribution is 7.20. The van der Waals surface area contributed by atoms with Crippen molar-refractivity contribution in [2.45, 2.75) is 39.7 Å². The van der Waals surface area contributed by atoms with E-state index in [9.17, 15) is 9.59 Å². The van der Waals surface area contributed by atoms with E-state index in [4.69, 9.17) is 0 Å². The molecule has 4 aromatic heterocycles. The minimum atomic E-state index is -0.135. The lowest BCUT2D eigenvalue weighted by Crippen LogP contribution is -2.43. The molecule has 10 heteroatoms. The van der Waals surface area contributed by atoms with Crippen LogP contribution in [0.5, 0.6) is 0 Å². The topological polar surface area (TPSA) is 93.8 Å². The average Bonchev–Trinajstić information content (AvgIpc) is 3.45. The van der Waals surface area contributed by atoms with E-state index < -0.39 is 0 Å². The SMILES string of the molecule is CCCC(CNC(=O)c1cc2c(C)nn(C)c2s1)NC(=O)c1cc2c(C)nn(C)c2s1. The quantitative estimate of drug-likeness (QED) is 0.443. The van der Waals surface area contributed by atoms with Gasteiger partial charge in [0, 0.05) is 37.5 Å². The van der Waals surface area contributed by atoms with Crippen molar-refractivity contribution in [3.63, 3.8) is 0 Å². The van der Waals surface area contributed by atoms with Gasteiger partial charge in [-0.1, -0.05) is 13.3 Å². The normalized spacial score (nSPS) is 12.5. The molecule has 4 heterocycles. The molecular formula is C21H26N6O2S2. The van der Waals surface area contributed by atoms with Gasteiger partial charge in [-0.25, -0.2) is 0 Å². The van der Waals surface area contributed by atoms with Crippen LogP contribution in [0.15, 0.2) is 12.1 Å². The summed E-state index contributed by atoms with van der Waals surface area (Å²) in [5, 5.41) is 16.8. The molecule has 2 amide bonds. The largest absolute Gasteiger partial charge is 0.349 e. The van der Waals surface area contributed by atoms with Gasteiger partial charge in [0.1, 0.15) is 9.66 Å². The van der Waals surface area contributed by atoms with E-state index in [0.717, 1.165) is 44.7 Å². The van der Waals surface area contributed by atoms with Gasteiger partial charge in [0.2, 0.25) is 0 Å². The van der Waals surface area contributed by atoms with E-state index in [-0.39, 0.29) is 17.9 Å². The summed E-state index contributed by atoms with van der Waals surface area (Å²) in [6, 6.07) is 3.65. The Bertz CT molecular complexity index is 1210.